The Morgan fingerprint density at radius 3 is 1.79 bits per heavy atom. The van der Waals surface area contributed by atoms with Crippen LogP contribution in [-0.2, 0) is 0 Å². The average Bonchev–Trinajstić information content (AvgIpc) is 2.71. The molecule has 0 atom stereocenters. The van der Waals surface area contributed by atoms with Crippen LogP contribution < -0.4 is 0 Å². The highest BCUT2D eigenvalue weighted by Gasteiger charge is 2.23. The van der Waals surface area contributed by atoms with Crippen LogP contribution in [-0.4, -0.2) is 0 Å². The third-order valence-electron chi connectivity index (χ3n) is 5.42. The lowest BCUT2D eigenvalue weighted by Crippen LogP contribution is -1.92. The molecule has 0 saturated carbocycles. The van der Waals surface area contributed by atoms with E-state index in [0.717, 1.165) is 28.2 Å². The molecule has 0 spiro atoms. The van der Waals surface area contributed by atoms with Crippen molar-refractivity contribution >= 4 is 0 Å². The molecule has 1 nitrogen and oxygen atoms in total. The van der Waals surface area contributed by atoms with Crippen molar-refractivity contribution in [1.82, 2.24) is 0 Å². The first-order chi connectivity index (χ1) is 13.5. The third-order valence-corrected chi connectivity index (χ3v) is 5.42. The molecule has 0 aliphatic rings. The van der Waals surface area contributed by atoms with Crippen LogP contribution in [0.2, 0.25) is 0 Å². The molecule has 1 heterocycles. The smallest absolute Gasteiger partial charge is 0.207 e. The zero-order valence-electron chi connectivity index (χ0n) is 16.9. The summed E-state index contributed by atoms with van der Waals surface area (Å²) >= 11 is 0. The summed E-state index contributed by atoms with van der Waals surface area (Å²) in [5, 5.41) is 0. The maximum Gasteiger partial charge on any atom is 0.361 e. The van der Waals surface area contributed by atoms with Crippen molar-refractivity contribution in [1.29, 1.82) is 0 Å². The molecule has 4 rings (SSSR count). The van der Waals surface area contributed by atoms with Gasteiger partial charge in [0.05, 0.1) is 23.3 Å². The fourth-order valence-electron chi connectivity index (χ4n) is 3.64. The number of hydrogen-bond acceptors (Lipinski definition) is 0. The summed E-state index contributed by atoms with van der Waals surface area (Å²) < 4.78 is 6.47. The Bertz CT molecular complexity index is 1140. The second-order valence-electron chi connectivity index (χ2n) is 7.51. The molecule has 1 heteroatoms. The Morgan fingerprint density at radius 1 is 0.464 bits per heavy atom. The number of hydrogen-bond donors (Lipinski definition) is 0. The number of aryl methyl sites for hydroxylation is 4. The predicted octanol–water partition coefficient (Wildman–Crippen LogP) is 7.80. The van der Waals surface area contributed by atoms with Gasteiger partial charge in [0.25, 0.3) is 0 Å². The monoisotopic (exact) mass is 365 g/mol. The van der Waals surface area contributed by atoms with Crippen LogP contribution in [0.1, 0.15) is 22.3 Å². The Hall–Kier alpha value is -3.19. The van der Waals surface area contributed by atoms with Gasteiger partial charge in [0.15, 0.2) is 0 Å². The maximum atomic E-state index is 6.47. The van der Waals surface area contributed by atoms with Crippen molar-refractivity contribution in [2.24, 2.45) is 0 Å². The zero-order chi connectivity index (χ0) is 19.7. The summed E-state index contributed by atoms with van der Waals surface area (Å²) in [6.45, 7) is 8.59. The van der Waals surface area contributed by atoms with Crippen molar-refractivity contribution in [3.63, 3.8) is 0 Å². The minimum atomic E-state index is 0.895. The van der Waals surface area contributed by atoms with Gasteiger partial charge in [-0.3, -0.25) is 0 Å². The van der Waals surface area contributed by atoms with Crippen molar-refractivity contribution < 1.29 is 4.42 Å². The SMILES string of the molecule is Cc1cc(C)c(-c2cc(-c3ccccc3)cc(-c3ccccc3C)[o+]2)cc1C. The summed E-state index contributed by atoms with van der Waals surface area (Å²) in [7, 11) is 0. The molecule has 4 aromatic rings. The van der Waals surface area contributed by atoms with E-state index < -0.39 is 0 Å². The molecule has 0 saturated heterocycles. The molecule has 1 aromatic heterocycles. The molecule has 0 aliphatic carbocycles. The van der Waals surface area contributed by atoms with Crippen molar-refractivity contribution in [3.05, 3.63) is 101 Å². The molecule has 0 amide bonds. The van der Waals surface area contributed by atoms with Crippen LogP contribution >= 0.6 is 0 Å². The quantitative estimate of drug-likeness (QED) is 0.337. The Kier molecular flexibility index (Phi) is 4.83. The van der Waals surface area contributed by atoms with Crippen molar-refractivity contribution in [3.8, 4) is 33.8 Å². The van der Waals surface area contributed by atoms with Gasteiger partial charge in [0.1, 0.15) is 0 Å². The van der Waals surface area contributed by atoms with Crippen LogP contribution in [0.3, 0.4) is 0 Å². The molecular formula is C27H25O+. The molecular weight excluding hydrogens is 340 g/mol. The third kappa shape index (κ3) is 3.48. The zero-order valence-corrected chi connectivity index (χ0v) is 16.9. The first-order valence-electron chi connectivity index (χ1n) is 9.71. The van der Waals surface area contributed by atoms with Gasteiger partial charge in [-0.1, -0.05) is 54.6 Å². The highest BCUT2D eigenvalue weighted by Crippen LogP contribution is 2.35. The second-order valence-corrected chi connectivity index (χ2v) is 7.51. The summed E-state index contributed by atoms with van der Waals surface area (Å²) in [5.74, 6) is 1.80. The highest BCUT2D eigenvalue weighted by atomic mass is 16.3. The summed E-state index contributed by atoms with van der Waals surface area (Å²) in [6.07, 6.45) is 0. The lowest BCUT2D eigenvalue weighted by molar-refractivity contribution is 0.581. The standard InChI is InChI=1S/C27H25O/c1-18-10-8-9-13-24(18)26-16-23(22-11-6-5-7-12-22)17-27(28-26)25-15-20(3)19(2)14-21(25)4/h5-17H,1-4H3/q+1. The maximum absolute atomic E-state index is 6.47. The molecule has 0 unspecified atom stereocenters. The minimum absolute atomic E-state index is 0.895. The Balaban J connectivity index is 1.98. The van der Waals surface area contributed by atoms with Crippen LogP contribution in [0.5, 0.6) is 0 Å². The molecule has 28 heavy (non-hydrogen) atoms. The topological polar surface area (TPSA) is 11.3 Å². The molecule has 0 fully saturated rings. The lowest BCUT2D eigenvalue weighted by atomic mass is 9.96. The first kappa shape index (κ1) is 18.2. The van der Waals surface area contributed by atoms with E-state index in [1.54, 1.807) is 0 Å². The number of rotatable bonds is 3. The average molecular weight is 365 g/mol. The molecule has 138 valence electrons. The van der Waals surface area contributed by atoms with Crippen LogP contribution in [0, 0.1) is 27.7 Å². The van der Waals surface area contributed by atoms with E-state index >= 15 is 0 Å². The molecule has 0 radical (unpaired) electrons. The van der Waals surface area contributed by atoms with E-state index in [4.69, 9.17) is 4.42 Å². The van der Waals surface area contributed by atoms with Crippen molar-refractivity contribution in [2.75, 3.05) is 0 Å². The first-order valence-corrected chi connectivity index (χ1v) is 9.71. The van der Waals surface area contributed by atoms with Crippen LogP contribution in [0.4, 0.5) is 0 Å². The fraction of sp³-hybridized carbons (Fsp3) is 0.148. The fourth-order valence-corrected chi connectivity index (χ4v) is 3.64. The van der Waals surface area contributed by atoms with Gasteiger partial charge in [0, 0.05) is 5.56 Å². The molecule has 0 bridgehead atoms. The van der Waals surface area contributed by atoms with E-state index in [0.29, 0.717) is 0 Å². The van der Waals surface area contributed by atoms with Gasteiger partial charge in [0.2, 0.25) is 0 Å². The van der Waals surface area contributed by atoms with E-state index in [9.17, 15) is 0 Å². The van der Waals surface area contributed by atoms with Gasteiger partial charge in [-0.15, -0.1) is 0 Å². The lowest BCUT2D eigenvalue weighted by Gasteiger charge is -2.07. The van der Waals surface area contributed by atoms with Gasteiger partial charge in [-0.25, -0.2) is 4.42 Å². The Morgan fingerprint density at radius 2 is 1.07 bits per heavy atom. The van der Waals surface area contributed by atoms with E-state index in [1.807, 2.05) is 6.07 Å². The van der Waals surface area contributed by atoms with Gasteiger partial charge in [-0.2, -0.15) is 0 Å². The molecule has 0 aliphatic heterocycles. The van der Waals surface area contributed by atoms with Gasteiger partial charge < -0.3 is 0 Å². The van der Waals surface area contributed by atoms with E-state index in [1.165, 1.54) is 27.8 Å². The Labute approximate surface area is 167 Å². The van der Waals surface area contributed by atoms with Crippen LogP contribution in [0.25, 0.3) is 33.8 Å². The highest BCUT2D eigenvalue weighted by molar-refractivity contribution is 5.76. The normalized spacial score (nSPS) is 10.9. The summed E-state index contributed by atoms with van der Waals surface area (Å²) in [6, 6.07) is 27.7. The summed E-state index contributed by atoms with van der Waals surface area (Å²) in [4.78, 5) is 0. The van der Waals surface area contributed by atoms with Gasteiger partial charge >= 0.3 is 11.5 Å². The van der Waals surface area contributed by atoms with E-state index in [2.05, 4.69) is 100 Å². The van der Waals surface area contributed by atoms with Gasteiger partial charge in [-0.05, 0) is 67.6 Å². The largest absolute Gasteiger partial charge is 0.361 e. The predicted molar refractivity (Wildman–Crippen MR) is 118 cm³/mol. The number of benzene rings is 3. The molecule has 0 N–H and O–H groups in total. The van der Waals surface area contributed by atoms with E-state index in [-0.39, 0.29) is 0 Å². The summed E-state index contributed by atoms with van der Waals surface area (Å²) in [5.41, 5.74) is 9.65. The van der Waals surface area contributed by atoms with Crippen molar-refractivity contribution in [2.45, 2.75) is 27.7 Å². The minimum Gasteiger partial charge on any atom is -0.207 e. The van der Waals surface area contributed by atoms with Crippen LogP contribution in [0.15, 0.2) is 83.3 Å². The molecule has 3 aromatic carbocycles. The second kappa shape index (κ2) is 7.44.